The van der Waals surface area contributed by atoms with Gasteiger partial charge in [0.15, 0.2) is 5.69 Å². The van der Waals surface area contributed by atoms with Crippen molar-refractivity contribution in [3.05, 3.63) is 71.8 Å². The summed E-state index contributed by atoms with van der Waals surface area (Å²) in [6.07, 6.45) is 3.62. The topological polar surface area (TPSA) is 81.1 Å². The molecule has 0 aliphatic carbocycles. The van der Waals surface area contributed by atoms with Crippen molar-refractivity contribution in [1.29, 1.82) is 0 Å². The monoisotopic (exact) mass is 431 g/mol. The van der Waals surface area contributed by atoms with Crippen LogP contribution in [0.5, 0.6) is 5.75 Å². The van der Waals surface area contributed by atoms with Gasteiger partial charge in [0.2, 0.25) is 0 Å². The van der Waals surface area contributed by atoms with E-state index in [1.54, 1.807) is 47.3 Å². The Bertz CT molecular complexity index is 991. The maximum absolute atomic E-state index is 13.3. The number of hydrogen-bond acceptors (Lipinski definition) is 5. The van der Waals surface area contributed by atoms with E-state index in [0.717, 1.165) is 31.5 Å². The number of nitrogens with zero attached hydrogens (tertiary/aromatic N) is 3. The van der Waals surface area contributed by atoms with Gasteiger partial charge in [0, 0.05) is 11.8 Å². The van der Waals surface area contributed by atoms with Gasteiger partial charge in [-0.15, -0.1) is 17.5 Å². The molecule has 3 aromatic rings. The summed E-state index contributed by atoms with van der Waals surface area (Å²) in [5.41, 5.74) is 1.59. The quantitative estimate of drug-likeness (QED) is 0.623. The van der Waals surface area contributed by atoms with E-state index in [1.807, 2.05) is 0 Å². The normalized spacial score (nSPS) is 14.0. The minimum Gasteiger partial charge on any atom is -0.489 e. The fraction of sp³-hybridized carbons (Fsp3) is 0.286. The predicted octanol–water partition coefficient (Wildman–Crippen LogP) is 3.59. The molecule has 2 aromatic carbocycles. The van der Waals surface area contributed by atoms with E-state index < -0.39 is 0 Å². The first-order chi connectivity index (χ1) is 14.2. The number of nitrogens with one attached hydrogen (secondary N) is 2. The number of rotatable bonds is 6. The fourth-order valence-electron chi connectivity index (χ4n) is 3.28. The molecule has 2 heterocycles. The van der Waals surface area contributed by atoms with Gasteiger partial charge in [-0.3, -0.25) is 4.79 Å². The second-order valence-corrected chi connectivity index (χ2v) is 6.97. The van der Waals surface area contributed by atoms with E-state index in [2.05, 4.69) is 20.9 Å². The molecule has 0 unspecified atom stereocenters. The number of hydrogen-bond donors (Lipinski definition) is 2. The molecule has 9 heteroatoms. The zero-order valence-electron chi connectivity index (χ0n) is 16.3. The van der Waals surface area contributed by atoms with Crippen LogP contribution in [0, 0.1) is 5.82 Å². The average Bonchev–Trinajstić information content (AvgIpc) is 3.24. The van der Waals surface area contributed by atoms with E-state index in [9.17, 15) is 9.18 Å². The first-order valence-corrected chi connectivity index (χ1v) is 9.58. The highest BCUT2D eigenvalue weighted by Crippen LogP contribution is 2.20. The first-order valence-electron chi connectivity index (χ1n) is 9.58. The molecular formula is C21H23ClFN5O2. The molecule has 1 aliphatic heterocycles. The number of piperidine rings is 1. The summed E-state index contributed by atoms with van der Waals surface area (Å²) in [4.78, 5) is 12.5. The van der Waals surface area contributed by atoms with Crippen LogP contribution in [0.3, 0.4) is 0 Å². The van der Waals surface area contributed by atoms with Crippen LogP contribution in [0.1, 0.15) is 34.9 Å². The van der Waals surface area contributed by atoms with Crippen molar-refractivity contribution >= 4 is 24.0 Å². The molecule has 0 atom stereocenters. The van der Waals surface area contributed by atoms with E-state index in [1.165, 1.54) is 12.1 Å². The lowest BCUT2D eigenvalue weighted by Gasteiger charge is -2.22. The van der Waals surface area contributed by atoms with Crippen molar-refractivity contribution in [2.24, 2.45) is 0 Å². The van der Waals surface area contributed by atoms with Crippen LogP contribution in [0.15, 0.2) is 54.7 Å². The molecule has 1 amide bonds. The molecule has 158 valence electrons. The van der Waals surface area contributed by atoms with Crippen molar-refractivity contribution in [3.8, 4) is 5.75 Å². The number of amides is 1. The van der Waals surface area contributed by atoms with Gasteiger partial charge in [-0.05, 0) is 55.8 Å². The summed E-state index contributed by atoms with van der Waals surface area (Å²) < 4.78 is 20.7. The van der Waals surface area contributed by atoms with Crippen molar-refractivity contribution in [1.82, 2.24) is 20.3 Å². The molecule has 30 heavy (non-hydrogen) atoms. The minimum absolute atomic E-state index is 0. The highest BCUT2D eigenvalue weighted by Gasteiger charge is 2.18. The fourth-order valence-corrected chi connectivity index (χ4v) is 3.28. The predicted molar refractivity (Wildman–Crippen MR) is 114 cm³/mol. The Morgan fingerprint density at radius 3 is 2.80 bits per heavy atom. The van der Waals surface area contributed by atoms with Crippen LogP contribution in [-0.2, 0) is 6.61 Å². The molecule has 7 nitrogen and oxygen atoms in total. The average molecular weight is 432 g/mol. The van der Waals surface area contributed by atoms with Gasteiger partial charge >= 0.3 is 0 Å². The van der Waals surface area contributed by atoms with Gasteiger partial charge in [-0.25, -0.2) is 9.07 Å². The number of anilines is 1. The van der Waals surface area contributed by atoms with Gasteiger partial charge in [-0.1, -0.05) is 23.4 Å². The van der Waals surface area contributed by atoms with E-state index in [4.69, 9.17) is 4.74 Å². The summed E-state index contributed by atoms with van der Waals surface area (Å²) in [7, 11) is 0. The standard InChI is InChI=1S/C21H22FN5O2.ClH/c22-16-4-1-3-15(11-16)14-29-19-6-2-5-17(12-19)24-21(28)20-13-27(26-25-20)18-7-9-23-10-8-18;/h1-6,11-13,18,23H,7-10,14H2,(H,24,28);1H. The number of ether oxygens (including phenoxy) is 1. The lowest BCUT2D eigenvalue weighted by atomic mass is 10.1. The Labute approximate surface area is 180 Å². The van der Waals surface area contributed by atoms with Crippen LogP contribution in [0.25, 0.3) is 0 Å². The molecule has 0 spiro atoms. The Hall–Kier alpha value is -2.97. The second kappa shape index (κ2) is 10.2. The lowest BCUT2D eigenvalue weighted by Crippen LogP contribution is -2.29. The molecule has 0 bridgehead atoms. The van der Waals surface area contributed by atoms with Crippen LogP contribution in [-0.4, -0.2) is 34.0 Å². The summed E-state index contributed by atoms with van der Waals surface area (Å²) >= 11 is 0. The zero-order valence-corrected chi connectivity index (χ0v) is 17.1. The number of benzene rings is 2. The second-order valence-electron chi connectivity index (χ2n) is 6.97. The molecule has 0 saturated carbocycles. The number of carbonyl (C=O) groups is 1. The van der Waals surface area contributed by atoms with Crippen LogP contribution >= 0.6 is 12.4 Å². The molecule has 1 saturated heterocycles. The maximum atomic E-state index is 13.3. The van der Waals surface area contributed by atoms with Crippen LogP contribution in [0.2, 0.25) is 0 Å². The molecule has 1 aliphatic rings. The summed E-state index contributed by atoms with van der Waals surface area (Å²) in [6.45, 7) is 2.11. The van der Waals surface area contributed by atoms with Crippen LogP contribution in [0.4, 0.5) is 10.1 Å². The van der Waals surface area contributed by atoms with Gasteiger partial charge in [0.05, 0.1) is 12.2 Å². The highest BCUT2D eigenvalue weighted by atomic mass is 35.5. The Morgan fingerprint density at radius 2 is 2.00 bits per heavy atom. The van der Waals surface area contributed by atoms with E-state index in [-0.39, 0.29) is 42.5 Å². The number of aromatic nitrogens is 3. The Balaban J connectivity index is 0.00000256. The number of halogens is 2. The SMILES string of the molecule is Cl.O=C(Nc1cccc(OCc2cccc(F)c2)c1)c1cn(C2CCNCC2)nn1. The third-order valence-electron chi connectivity index (χ3n) is 4.81. The van der Waals surface area contributed by atoms with Crippen molar-refractivity contribution < 1.29 is 13.9 Å². The largest absolute Gasteiger partial charge is 0.489 e. The molecule has 2 N–H and O–H groups in total. The summed E-state index contributed by atoms with van der Waals surface area (Å²) in [5, 5.41) is 14.2. The molecule has 1 aromatic heterocycles. The maximum Gasteiger partial charge on any atom is 0.277 e. The van der Waals surface area contributed by atoms with Crippen molar-refractivity contribution in [2.75, 3.05) is 18.4 Å². The summed E-state index contributed by atoms with van der Waals surface area (Å²) in [6, 6.07) is 13.6. The lowest BCUT2D eigenvalue weighted by molar-refractivity contribution is 0.102. The highest BCUT2D eigenvalue weighted by molar-refractivity contribution is 6.02. The third kappa shape index (κ3) is 5.55. The van der Waals surface area contributed by atoms with Crippen molar-refractivity contribution in [3.63, 3.8) is 0 Å². The zero-order chi connectivity index (χ0) is 20.1. The van der Waals surface area contributed by atoms with Crippen molar-refractivity contribution in [2.45, 2.75) is 25.5 Å². The molecule has 0 radical (unpaired) electrons. The first kappa shape index (κ1) is 21.7. The van der Waals surface area contributed by atoms with E-state index >= 15 is 0 Å². The van der Waals surface area contributed by atoms with Gasteiger partial charge < -0.3 is 15.4 Å². The molecular weight excluding hydrogens is 409 g/mol. The van der Waals surface area contributed by atoms with E-state index in [0.29, 0.717) is 11.4 Å². The summed E-state index contributed by atoms with van der Waals surface area (Å²) in [5.74, 6) is -0.0532. The molecule has 1 fully saturated rings. The van der Waals surface area contributed by atoms with Gasteiger partial charge in [0.25, 0.3) is 5.91 Å². The third-order valence-corrected chi connectivity index (χ3v) is 4.81. The minimum atomic E-state index is -0.326. The van der Waals surface area contributed by atoms with Gasteiger partial charge in [0.1, 0.15) is 18.2 Å². The van der Waals surface area contributed by atoms with Gasteiger partial charge in [-0.2, -0.15) is 0 Å². The Kier molecular flexibility index (Phi) is 7.37. The van der Waals surface area contributed by atoms with Crippen LogP contribution < -0.4 is 15.4 Å². The Morgan fingerprint density at radius 1 is 1.20 bits per heavy atom. The number of carbonyl (C=O) groups excluding carboxylic acids is 1. The smallest absolute Gasteiger partial charge is 0.277 e. The molecule has 4 rings (SSSR count).